The number of hydrogen-bond acceptors (Lipinski definition) is 6. The van der Waals surface area contributed by atoms with Crippen LogP contribution in [0.4, 0.5) is 0 Å². The molecule has 0 radical (unpaired) electrons. The van der Waals surface area contributed by atoms with E-state index < -0.39 is 10.0 Å². The lowest BCUT2D eigenvalue weighted by atomic mass is 10.2. The second-order valence-corrected chi connectivity index (χ2v) is 7.48. The Morgan fingerprint density at radius 3 is 2.79 bits per heavy atom. The molecule has 10 heteroatoms. The van der Waals surface area contributed by atoms with Gasteiger partial charge in [0.1, 0.15) is 6.07 Å². The van der Waals surface area contributed by atoms with E-state index in [1.165, 1.54) is 0 Å². The fourth-order valence-corrected chi connectivity index (χ4v) is 3.10. The number of aryl methyl sites for hydroxylation is 1. The summed E-state index contributed by atoms with van der Waals surface area (Å²) in [6, 6.07) is 3.96. The molecule has 9 nitrogen and oxygen atoms in total. The van der Waals surface area contributed by atoms with Crippen molar-refractivity contribution in [3.05, 3.63) is 17.5 Å². The van der Waals surface area contributed by atoms with Crippen LogP contribution >= 0.6 is 0 Å². The van der Waals surface area contributed by atoms with Crippen LogP contribution in [-0.4, -0.2) is 59.6 Å². The largest absolute Gasteiger partial charge is 0.483 e. The average Bonchev–Trinajstić information content (AvgIpc) is 2.84. The molecule has 0 bridgehead atoms. The Morgan fingerprint density at radius 1 is 1.54 bits per heavy atom. The van der Waals surface area contributed by atoms with Crippen LogP contribution < -0.4 is 4.72 Å². The monoisotopic (exact) mass is 357 g/mol. The molecule has 0 aliphatic carbocycles. The minimum Gasteiger partial charge on any atom is -0.483 e. The second-order valence-electron chi connectivity index (χ2n) is 5.39. The molecule has 0 aromatic carbocycles. The number of rotatable bonds is 5. The number of fused-ring (bicyclic) bond motifs is 1. The molecule has 1 unspecified atom stereocenters. The van der Waals surface area contributed by atoms with Crippen molar-refractivity contribution in [2.24, 2.45) is 0 Å². The summed E-state index contributed by atoms with van der Waals surface area (Å²) in [5.41, 5.74) is 1.44. The highest BCUT2D eigenvalue weighted by molar-refractivity contribution is 7.89. The van der Waals surface area contributed by atoms with Gasteiger partial charge >= 0.3 is 0 Å². The summed E-state index contributed by atoms with van der Waals surface area (Å²) < 4.78 is 27.5. The van der Waals surface area contributed by atoms with Gasteiger partial charge in [0.2, 0.25) is 10.0 Å². The standard InChI is InChI=1S/C13H21N5O2S.CH2O2/c1-3-21(19,20)15-9-11(2)17-5-4-6-18-13(10-17)7-12(8-14)16-18;2-1-3/h7,11,15H,3-6,9-10H2,1-2H3;1H,(H,2,3). The van der Waals surface area contributed by atoms with Gasteiger partial charge < -0.3 is 5.11 Å². The van der Waals surface area contributed by atoms with E-state index in [4.69, 9.17) is 15.2 Å². The number of carbonyl (C=O) groups is 1. The van der Waals surface area contributed by atoms with Crippen molar-refractivity contribution in [3.8, 4) is 6.07 Å². The van der Waals surface area contributed by atoms with Crippen molar-refractivity contribution in [2.45, 2.75) is 39.4 Å². The molecule has 0 amide bonds. The lowest BCUT2D eigenvalue weighted by Gasteiger charge is -2.27. The lowest BCUT2D eigenvalue weighted by molar-refractivity contribution is -0.122. The van der Waals surface area contributed by atoms with E-state index in [1.807, 2.05) is 11.6 Å². The van der Waals surface area contributed by atoms with Crippen LogP contribution in [0.25, 0.3) is 0 Å². The maximum Gasteiger partial charge on any atom is 0.290 e. The van der Waals surface area contributed by atoms with Gasteiger partial charge in [0, 0.05) is 32.2 Å². The summed E-state index contributed by atoms with van der Waals surface area (Å²) >= 11 is 0. The quantitative estimate of drug-likeness (QED) is 0.709. The van der Waals surface area contributed by atoms with Gasteiger partial charge in [0.25, 0.3) is 6.47 Å². The first-order valence-corrected chi connectivity index (χ1v) is 9.28. The summed E-state index contributed by atoms with van der Waals surface area (Å²) in [7, 11) is -3.16. The van der Waals surface area contributed by atoms with E-state index in [0.29, 0.717) is 18.8 Å². The maximum absolute atomic E-state index is 11.5. The zero-order valence-electron chi connectivity index (χ0n) is 13.8. The molecule has 0 saturated heterocycles. The Bertz CT molecular complexity index is 680. The molecule has 1 aliphatic rings. The van der Waals surface area contributed by atoms with Crippen LogP contribution in [0.3, 0.4) is 0 Å². The van der Waals surface area contributed by atoms with Crippen LogP contribution in [0.2, 0.25) is 0 Å². The third-order valence-electron chi connectivity index (χ3n) is 3.76. The van der Waals surface area contributed by atoms with Crippen LogP contribution in [0.5, 0.6) is 0 Å². The first kappa shape index (κ1) is 20.1. The lowest BCUT2D eigenvalue weighted by Crippen LogP contribution is -2.42. The topological polar surface area (TPSA) is 128 Å². The van der Waals surface area contributed by atoms with Crippen molar-refractivity contribution in [1.82, 2.24) is 19.4 Å². The number of aromatic nitrogens is 2. The number of hydrogen-bond donors (Lipinski definition) is 2. The van der Waals surface area contributed by atoms with Crippen molar-refractivity contribution < 1.29 is 18.3 Å². The summed E-state index contributed by atoms with van der Waals surface area (Å²) in [6.45, 7) is 6.15. The van der Waals surface area contributed by atoms with E-state index in [1.54, 1.807) is 13.0 Å². The Kier molecular flexibility index (Phi) is 7.84. The maximum atomic E-state index is 11.5. The molecule has 24 heavy (non-hydrogen) atoms. The Morgan fingerprint density at radius 2 is 2.21 bits per heavy atom. The van der Waals surface area contributed by atoms with Gasteiger partial charge in [0.05, 0.1) is 11.4 Å². The average molecular weight is 357 g/mol. The van der Waals surface area contributed by atoms with E-state index in [9.17, 15) is 8.42 Å². The molecule has 2 N–H and O–H groups in total. The number of sulfonamides is 1. The predicted molar refractivity (Wildman–Crippen MR) is 87.6 cm³/mol. The van der Waals surface area contributed by atoms with Crippen molar-refractivity contribution in [2.75, 3.05) is 18.8 Å². The zero-order chi connectivity index (χ0) is 18.2. The van der Waals surface area contributed by atoms with E-state index in [-0.39, 0.29) is 18.3 Å². The Balaban J connectivity index is 0.000000891. The molecule has 1 aliphatic heterocycles. The number of carboxylic acid groups (broad SMARTS) is 1. The predicted octanol–water partition coefficient (Wildman–Crippen LogP) is -0.0109. The number of nitriles is 1. The highest BCUT2D eigenvalue weighted by atomic mass is 32.2. The zero-order valence-corrected chi connectivity index (χ0v) is 14.7. The van der Waals surface area contributed by atoms with Crippen LogP contribution in [0.1, 0.15) is 31.7 Å². The highest BCUT2D eigenvalue weighted by Crippen LogP contribution is 2.15. The minimum absolute atomic E-state index is 0.0953. The highest BCUT2D eigenvalue weighted by Gasteiger charge is 2.21. The molecule has 2 rings (SSSR count). The molecular weight excluding hydrogens is 334 g/mol. The fraction of sp³-hybridized carbons (Fsp3) is 0.643. The van der Waals surface area contributed by atoms with Crippen LogP contribution in [0, 0.1) is 11.3 Å². The Labute approximate surface area is 141 Å². The molecule has 0 spiro atoms. The van der Waals surface area contributed by atoms with E-state index in [2.05, 4.69) is 20.8 Å². The van der Waals surface area contributed by atoms with Gasteiger partial charge in [-0.25, -0.2) is 13.1 Å². The molecule has 1 aromatic heterocycles. The van der Waals surface area contributed by atoms with Crippen molar-refractivity contribution >= 4 is 16.5 Å². The van der Waals surface area contributed by atoms with Gasteiger partial charge in [-0.3, -0.25) is 14.4 Å². The summed E-state index contributed by atoms with van der Waals surface area (Å²) in [5, 5.41) is 20.0. The normalized spacial score (nSPS) is 16.0. The molecular formula is C14H23N5O4S. The van der Waals surface area contributed by atoms with Gasteiger partial charge in [-0.15, -0.1) is 0 Å². The number of nitrogens with one attached hydrogen (secondary N) is 1. The smallest absolute Gasteiger partial charge is 0.290 e. The first-order valence-electron chi connectivity index (χ1n) is 7.62. The molecule has 0 fully saturated rings. The molecule has 1 aromatic rings. The van der Waals surface area contributed by atoms with Crippen LogP contribution in [0.15, 0.2) is 6.07 Å². The third kappa shape index (κ3) is 5.92. The molecule has 1 atom stereocenters. The summed E-state index contributed by atoms with van der Waals surface area (Å²) in [6.07, 6.45) is 0.935. The van der Waals surface area contributed by atoms with Crippen molar-refractivity contribution in [1.29, 1.82) is 5.26 Å². The molecule has 2 heterocycles. The van der Waals surface area contributed by atoms with Gasteiger partial charge in [-0.1, -0.05) is 0 Å². The first-order chi connectivity index (χ1) is 11.4. The van der Waals surface area contributed by atoms with E-state index in [0.717, 1.165) is 25.2 Å². The van der Waals surface area contributed by atoms with Crippen LogP contribution in [-0.2, 0) is 27.9 Å². The summed E-state index contributed by atoms with van der Waals surface area (Å²) in [4.78, 5) is 10.6. The van der Waals surface area contributed by atoms with E-state index >= 15 is 0 Å². The van der Waals surface area contributed by atoms with Gasteiger partial charge in [-0.2, -0.15) is 10.4 Å². The minimum atomic E-state index is -3.16. The Hall–Kier alpha value is -1.96. The SMILES string of the molecule is CCS(=O)(=O)NCC(C)N1CCCn2nc(C#N)cc2C1.O=CO. The fourth-order valence-electron chi connectivity index (χ4n) is 2.40. The van der Waals surface area contributed by atoms with Gasteiger partial charge in [-0.05, 0) is 26.3 Å². The third-order valence-corrected chi connectivity index (χ3v) is 5.13. The molecule has 134 valence electrons. The van der Waals surface area contributed by atoms with Crippen molar-refractivity contribution in [3.63, 3.8) is 0 Å². The van der Waals surface area contributed by atoms with Gasteiger partial charge in [0.15, 0.2) is 5.69 Å². The summed E-state index contributed by atoms with van der Waals surface area (Å²) in [5.74, 6) is 0.0953. The number of nitrogens with zero attached hydrogens (tertiary/aromatic N) is 4. The second kappa shape index (κ2) is 9.36. The molecule has 0 saturated carbocycles.